The summed E-state index contributed by atoms with van der Waals surface area (Å²) < 4.78 is 15.9. The maximum Gasteiger partial charge on any atom is 0.332 e. The Hall–Kier alpha value is -3.82. The molecule has 30 heavy (non-hydrogen) atoms. The SMILES string of the molecule is CCOC(=O)Cn1c(-c2ccc(OC)cc2)cn2c3c(=O)n(C)c(=O)n(C)c3nc12. The Kier molecular flexibility index (Phi) is 4.69. The fourth-order valence-electron chi connectivity index (χ4n) is 3.50. The van der Waals surface area contributed by atoms with Gasteiger partial charge >= 0.3 is 11.7 Å². The van der Waals surface area contributed by atoms with Crippen LogP contribution in [0.2, 0.25) is 0 Å². The van der Waals surface area contributed by atoms with Crippen LogP contribution in [0.15, 0.2) is 40.1 Å². The quantitative estimate of drug-likeness (QED) is 0.453. The van der Waals surface area contributed by atoms with Crippen molar-refractivity contribution in [2.45, 2.75) is 13.5 Å². The zero-order valence-electron chi connectivity index (χ0n) is 17.1. The topological polar surface area (TPSA) is 102 Å². The number of ether oxygens (including phenoxy) is 2. The standard InChI is InChI=1S/C20H21N5O5/c1-5-30-15(26)11-24-14(12-6-8-13(29-4)9-7-12)10-25-16-17(21-19(24)25)22(2)20(28)23(3)18(16)27/h6-10H,5,11H2,1-4H3. The van der Waals surface area contributed by atoms with E-state index in [2.05, 4.69) is 4.98 Å². The van der Waals surface area contributed by atoms with Crippen LogP contribution in [0.1, 0.15) is 6.92 Å². The van der Waals surface area contributed by atoms with E-state index < -0.39 is 17.2 Å². The van der Waals surface area contributed by atoms with Crippen LogP contribution in [0.25, 0.3) is 28.2 Å². The molecule has 1 aromatic carbocycles. The summed E-state index contributed by atoms with van der Waals surface area (Å²) in [5, 5.41) is 0. The Morgan fingerprint density at radius 2 is 1.80 bits per heavy atom. The van der Waals surface area contributed by atoms with Crippen molar-refractivity contribution in [1.82, 2.24) is 23.1 Å². The number of methoxy groups -OCH3 is 1. The highest BCUT2D eigenvalue weighted by Crippen LogP contribution is 2.27. The van der Waals surface area contributed by atoms with Gasteiger partial charge in [-0.2, -0.15) is 4.98 Å². The van der Waals surface area contributed by atoms with Crippen molar-refractivity contribution >= 4 is 22.9 Å². The monoisotopic (exact) mass is 411 g/mol. The fraction of sp³-hybridized carbons (Fsp3) is 0.300. The molecular weight excluding hydrogens is 390 g/mol. The van der Waals surface area contributed by atoms with Crippen molar-refractivity contribution in [3.63, 3.8) is 0 Å². The highest BCUT2D eigenvalue weighted by atomic mass is 16.5. The third-order valence-corrected chi connectivity index (χ3v) is 5.03. The molecule has 0 atom stereocenters. The van der Waals surface area contributed by atoms with Crippen molar-refractivity contribution in [2.75, 3.05) is 13.7 Å². The molecule has 0 aliphatic rings. The first-order chi connectivity index (χ1) is 14.4. The molecule has 4 rings (SSSR count). The van der Waals surface area contributed by atoms with Crippen molar-refractivity contribution in [3.8, 4) is 17.0 Å². The lowest BCUT2D eigenvalue weighted by molar-refractivity contribution is -0.143. The molecule has 0 aliphatic carbocycles. The average molecular weight is 411 g/mol. The normalized spacial score (nSPS) is 11.3. The summed E-state index contributed by atoms with van der Waals surface area (Å²) in [6, 6.07) is 7.32. The van der Waals surface area contributed by atoms with Crippen LogP contribution in [0, 0.1) is 0 Å². The van der Waals surface area contributed by atoms with E-state index >= 15 is 0 Å². The second-order valence-electron chi connectivity index (χ2n) is 6.79. The van der Waals surface area contributed by atoms with Gasteiger partial charge in [-0.1, -0.05) is 0 Å². The van der Waals surface area contributed by atoms with Crippen LogP contribution in [-0.2, 0) is 30.2 Å². The Morgan fingerprint density at radius 3 is 2.43 bits per heavy atom. The second kappa shape index (κ2) is 7.21. The Morgan fingerprint density at radius 1 is 1.10 bits per heavy atom. The summed E-state index contributed by atoms with van der Waals surface area (Å²) >= 11 is 0. The number of fused-ring (bicyclic) bond motifs is 3. The minimum absolute atomic E-state index is 0.0940. The fourth-order valence-corrected chi connectivity index (χ4v) is 3.50. The van der Waals surface area contributed by atoms with Crippen molar-refractivity contribution < 1.29 is 14.3 Å². The summed E-state index contributed by atoms with van der Waals surface area (Å²) in [6.45, 7) is 1.89. The number of carbonyl (C=O) groups excluding carboxylic acids is 1. The molecule has 10 heteroatoms. The number of hydrogen-bond donors (Lipinski definition) is 0. The minimum atomic E-state index is -0.472. The van der Waals surface area contributed by atoms with Crippen LogP contribution in [0.4, 0.5) is 0 Å². The van der Waals surface area contributed by atoms with E-state index in [0.717, 1.165) is 10.1 Å². The van der Waals surface area contributed by atoms with Gasteiger partial charge in [-0.05, 0) is 31.2 Å². The molecule has 0 aliphatic heterocycles. The lowest BCUT2D eigenvalue weighted by Gasteiger charge is -2.09. The lowest BCUT2D eigenvalue weighted by atomic mass is 10.1. The number of hydrogen-bond acceptors (Lipinski definition) is 6. The Balaban J connectivity index is 2.04. The van der Waals surface area contributed by atoms with E-state index in [9.17, 15) is 14.4 Å². The molecule has 0 saturated carbocycles. The molecule has 10 nitrogen and oxygen atoms in total. The molecule has 0 fully saturated rings. The third kappa shape index (κ3) is 2.88. The Bertz CT molecular complexity index is 1390. The van der Waals surface area contributed by atoms with Crippen molar-refractivity contribution in [3.05, 3.63) is 51.3 Å². The largest absolute Gasteiger partial charge is 0.497 e. The van der Waals surface area contributed by atoms with Gasteiger partial charge in [0.1, 0.15) is 12.3 Å². The van der Waals surface area contributed by atoms with Crippen molar-refractivity contribution in [1.29, 1.82) is 0 Å². The average Bonchev–Trinajstić information content (AvgIpc) is 3.28. The molecule has 0 spiro atoms. The number of nitrogens with zero attached hydrogens (tertiary/aromatic N) is 5. The molecular formula is C20H21N5O5. The lowest BCUT2D eigenvalue weighted by Crippen LogP contribution is -2.37. The van der Waals surface area contributed by atoms with E-state index in [0.29, 0.717) is 17.2 Å². The summed E-state index contributed by atoms with van der Waals surface area (Å²) in [5.74, 6) is 0.628. The molecule has 4 aromatic rings. The highest BCUT2D eigenvalue weighted by Gasteiger charge is 2.22. The van der Waals surface area contributed by atoms with Gasteiger partial charge in [-0.3, -0.25) is 27.7 Å². The summed E-state index contributed by atoms with van der Waals surface area (Å²) in [7, 11) is 4.55. The predicted octanol–water partition coefficient (Wildman–Crippen LogP) is 0.925. The molecule has 3 heterocycles. The third-order valence-electron chi connectivity index (χ3n) is 5.03. The van der Waals surface area contributed by atoms with Gasteiger partial charge in [-0.15, -0.1) is 0 Å². The van der Waals surface area contributed by atoms with Crippen molar-refractivity contribution in [2.24, 2.45) is 14.1 Å². The summed E-state index contributed by atoms with van der Waals surface area (Å²) in [5.41, 5.74) is 1.05. The van der Waals surface area contributed by atoms with E-state index in [-0.39, 0.29) is 24.3 Å². The van der Waals surface area contributed by atoms with Crippen LogP contribution >= 0.6 is 0 Å². The van der Waals surface area contributed by atoms with Gasteiger partial charge < -0.3 is 9.47 Å². The number of aryl methyl sites for hydroxylation is 1. The van der Waals surface area contributed by atoms with E-state index in [1.54, 1.807) is 48.4 Å². The number of imidazole rings is 2. The number of carbonyl (C=O) groups is 1. The smallest absolute Gasteiger partial charge is 0.332 e. The molecule has 0 amide bonds. The molecule has 0 bridgehead atoms. The van der Waals surface area contributed by atoms with Gasteiger partial charge in [0, 0.05) is 25.9 Å². The zero-order valence-corrected chi connectivity index (χ0v) is 17.1. The summed E-state index contributed by atoms with van der Waals surface area (Å²) in [4.78, 5) is 41.9. The maximum absolute atomic E-state index is 12.8. The highest BCUT2D eigenvalue weighted by molar-refractivity contribution is 5.80. The number of rotatable bonds is 5. The molecule has 0 saturated heterocycles. The van der Waals surface area contributed by atoms with E-state index in [4.69, 9.17) is 9.47 Å². The van der Waals surface area contributed by atoms with Gasteiger partial charge in [0.15, 0.2) is 11.2 Å². The maximum atomic E-state index is 12.8. The first-order valence-corrected chi connectivity index (χ1v) is 9.34. The van der Waals surface area contributed by atoms with E-state index in [1.807, 2.05) is 12.1 Å². The number of aromatic nitrogens is 5. The Labute approximate surface area is 170 Å². The van der Waals surface area contributed by atoms with Gasteiger partial charge in [0.25, 0.3) is 5.56 Å². The summed E-state index contributed by atoms with van der Waals surface area (Å²) in [6.07, 6.45) is 1.73. The number of esters is 1. The van der Waals surface area contributed by atoms with Gasteiger partial charge in [0.05, 0.1) is 19.4 Å². The second-order valence-corrected chi connectivity index (χ2v) is 6.79. The van der Waals surface area contributed by atoms with Crippen LogP contribution in [0.3, 0.4) is 0 Å². The number of benzene rings is 1. The van der Waals surface area contributed by atoms with Crippen LogP contribution < -0.4 is 16.0 Å². The van der Waals surface area contributed by atoms with Crippen LogP contribution in [-0.4, -0.2) is 42.8 Å². The molecule has 0 radical (unpaired) electrons. The molecule has 3 aromatic heterocycles. The predicted molar refractivity (Wildman–Crippen MR) is 110 cm³/mol. The molecule has 156 valence electrons. The minimum Gasteiger partial charge on any atom is -0.497 e. The molecule has 0 N–H and O–H groups in total. The van der Waals surface area contributed by atoms with Gasteiger partial charge in [0.2, 0.25) is 5.78 Å². The van der Waals surface area contributed by atoms with Crippen LogP contribution in [0.5, 0.6) is 5.75 Å². The van der Waals surface area contributed by atoms with Gasteiger partial charge in [-0.25, -0.2) is 4.79 Å². The first kappa shape index (κ1) is 19.5. The van der Waals surface area contributed by atoms with E-state index in [1.165, 1.54) is 11.6 Å². The zero-order chi connectivity index (χ0) is 21.6. The molecule has 0 unspecified atom stereocenters. The first-order valence-electron chi connectivity index (χ1n) is 9.34.